The van der Waals surface area contributed by atoms with Gasteiger partial charge in [-0.25, -0.2) is 9.78 Å². The van der Waals surface area contributed by atoms with Gasteiger partial charge in [-0.2, -0.15) is 13.2 Å². The summed E-state index contributed by atoms with van der Waals surface area (Å²) in [4.78, 5) is 32.4. The number of carbonyl (C=O) groups excluding carboxylic acids is 1. The van der Waals surface area contributed by atoms with E-state index in [2.05, 4.69) is 10.3 Å². The summed E-state index contributed by atoms with van der Waals surface area (Å²) in [6.45, 7) is 3.56. The van der Waals surface area contributed by atoms with Crippen molar-refractivity contribution in [2.24, 2.45) is 0 Å². The van der Waals surface area contributed by atoms with Crippen molar-refractivity contribution in [2.75, 3.05) is 12.4 Å². The Morgan fingerprint density at radius 3 is 2.43 bits per heavy atom. The molecule has 2 amide bonds. The standard InChI is InChI=1S/C26H23F3N4O2/c1-16-9-8-10-18(15-16)33-23(30-21-13-6-4-11-19(21)24(33)34)17(2)32(3)25(35)31-22-14-7-5-12-20(22)26(27,28)29/h4-15,17H,1-3H3,(H,31,35). The Balaban J connectivity index is 1.77. The van der Waals surface area contributed by atoms with Crippen LogP contribution >= 0.6 is 0 Å². The number of urea groups is 1. The van der Waals surface area contributed by atoms with Gasteiger partial charge in [-0.1, -0.05) is 36.4 Å². The number of alkyl halides is 3. The van der Waals surface area contributed by atoms with E-state index in [9.17, 15) is 22.8 Å². The molecule has 1 unspecified atom stereocenters. The lowest BCUT2D eigenvalue weighted by Crippen LogP contribution is -2.37. The highest BCUT2D eigenvalue weighted by molar-refractivity contribution is 5.90. The molecule has 0 spiro atoms. The van der Waals surface area contributed by atoms with Crippen molar-refractivity contribution < 1.29 is 18.0 Å². The smallest absolute Gasteiger partial charge is 0.318 e. The lowest BCUT2D eigenvalue weighted by atomic mass is 10.1. The van der Waals surface area contributed by atoms with Crippen LogP contribution in [-0.2, 0) is 6.18 Å². The van der Waals surface area contributed by atoms with Crippen molar-refractivity contribution in [3.05, 3.63) is 100 Å². The number of amides is 2. The summed E-state index contributed by atoms with van der Waals surface area (Å²) < 4.78 is 41.6. The number of benzene rings is 3. The second-order valence-corrected chi connectivity index (χ2v) is 8.23. The third-order valence-electron chi connectivity index (χ3n) is 5.81. The molecule has 0 saturated heterocycles. The van der Waals surface area contributed by atoms with Crippen molar-refractivity contribution >= 4 is 22.6 Å². The largest absolute Gasteiger partial charge is 0.418 e. The maximum atomic E-state index is 13.5. The zero-order chi connectivity index (χ0) is 25.3. The fraction of sp³-hybridized carbons (Fsp3) is 0.192. The van der Waals surface area contributed by atoms with Crippen LogP contribution in [-0.4, -0.2) is 27.5 Å². The summed E-state index contributed by atoms with van der Waals surface area (Å²) in [5, 5.41) is 2.75. The zero-order valence-corrected chi connectivity index (χ0v) is 19.3. The third kappa shape index (κ3) is 4.75. The summed E-state index contributed by atoms with van der Waals surface area (Å²) in [5.74, 6) is 0.279. The molecule has 0 aliphatic carbocycles. The molecule has 0 aliphatic heterocycles. The summed E-state index contributed by atoms with van der Waals surface area (Å²) in [6, 6.07) is 17.4. The molecule has 1 atom stereocenters. The number of aromatic nitrogens is 2. The van der Waals surface area contributed by atoms with E-state index in [1.165, 1.54) is 34.7 Å². The Kier molecular flexibility index (Phi) is 6.34. The van der Waals surface area contributed by atoms with Gasteiger partial charge in [0.2, 0.25) is 0 Å². The molecule has 1 aromatic heterocycles. The molecule has 0 radical (unpaired) electrons. The van der Waals surface area contributed by atoms with E-state index in [0.717, 1.165) is 11.6 Å². The first kappa shape index (κ1) is 24.0. The van der Waals surface area contributed by atoms with E-state index in [1.54, 1.807) is 37.3 Å². The predicted octanol–water partition coefficient (Wildman–Crippen LogP) is 5.94. The lowest BCUT2D eigenvalue weighted by molar-refractivity contribution is -0.136. The van der Waals surface area contributed by atoms with Crippen LogP contribution in [0.2, 0.25) is 0 Å². The van der Waals surface area contributed by atoms with E-state index in [-0.39, 0.29) is 17.1 Å². The Morgan fingerprint density at radius 1 is 1.03 bits per heavy atom. The predicted molar refractivity (Wildman–Crippen MR) is 129 cm³/mol. The molecule has 0 aliphatic rings. The molecule has 1 heterocycles. The molecule has 3 aromatic carbocycles. The molecule has 0 saturated carbocycles. The minimum absolute atomic E-state index is 0.279. The first-order chi connectivity index (χ1) is 16.6. The van der Waals surface area contributed by atoms with Crippen molar-refractivity contribution in [2.45, 2.75) is 26.1 Å². The lowest BCUT2D eigenvalue weighted by Gasteiger charge is -2.27. The van der Waals surface area contributed by atoms with Gasteiger partial charge in [0.1, 0.15) is 5.82 Å². The summed E-state index contributed by atoms with van der Waals surface area (Å²) in [5.41, 5.74) is 0.350. The number of hydrogen-bond donors (Lipinski definition) is 1. The van der Waals surface area contributed by atoms with Crippen molar-refractivity contribution in [1.29, 1.82) is 0 Å². The highest BCUT2D eigenvalue weighted by atomic mass is 19.4. The molecule has 4 rings (SSSR count). The van der Waals surface area contributed by atoms with E-state index in [1.807, 2.05) is 25.1 Å². The number of anilines is 1. The third-order valence-corrected chi connectivity index (χ3v) is 5.81. The number of rotatable bonds is 4. The van der Waals surface area contributed by atoms with Gasteiger partial charge in [0.25, 0.3) is 5.56 Å². The minimum atomic E-state index is -4.63. The minimum Gasteiger partial charge on any atom is -0.318 e. The monoisotopic (exact) mass is 480 g/mol. The maximum absolute atomic E-state index is 13.5. The number of fused-ring (bicyclic) bond motifs is 1. The number of nitrogens with one attached hydrogen (secondary N) is 1. The molecular formula is C26H23F3N4O2. The van der Waals surface area contributed by atoms with E-state index < -0.39 is 23.8 Å². The average Bonchev–Trinajstić information content (AvgIpc) is 2.82. The molecule has 6 nitrogen and oxygen atoms in total. The fourth-order valence-electron chi connectivity index (χ4n) is 3.84. The van der Waals surface area contributed by atoms with Crippen molar-refractivity contribution in [3.63, 3.8) is 0 Å². The molecule has 0 fully saturated rings. The molecular weight excluding hydrogens is 457 g/mol. The second-order valence-electron chi connectivity index (χ2n) is 8.23. The van der Waals surface area contributed by atoms with Gasteiger partial charge in [0.15, 0.2) is 0 Å². The van der Waals surface area contributed by atoms with Gasteiger partial charge in [-0.05, 0) is 55.8 Å². The second kappa shape index (κ2) is 9.25. The molecule has 180 valence electrons. The topological polar surface area (TPSA) is 67.2 Å². The van der Waals surface area contributed by atoms with Gasteiger partial charge in [0, 0.05) is 7.05 Å². The van der Waals surface area contributed by atoms with Gasteiger partial charge in [-0.15, -0.1) is 0 Å². The number of para-hydroxylation sites is 2. The first-order valence-corrected chi connectivity index (χ1v) is 10.9. The molecule has 1 N–H and O–H groups in total. The van der Waals surface area contributed by atoms with Crippen LogP contribution in [0.1, 0.15) is 29.9 Å². The quantitative estimate of drug-likeness (QED) is 0.393. The summed E-state index contributed by atoms with van der Waals surface area (Å²) >= 11 is 0. The van der Waals surface area contributed by atoms with Crippen LogP contribution in [0.25, 0.3) is 16.6 Å². The number of aryl methyl sites for hydroxylation is 1. The van der Waals surface area contributed by atoms with Crippen molar-refractivity contribution in [1.82, 2.24) is 14.5 Å². The van der Waals surface area contributed by atoms with Gasteiger partial charge >= 0.3 is 12.2 Å². The number of carbonyl (C=O) groups is 1. The van der Waals surface area contributed by atoms with Crippen LogP contribution < -0.4 is 10.9 Å². The van der Waals surface area contributed by atoms with E-state index in [4.69, 9.17) is 0 Å². The normalized spacial score (nSPS) is 12.4. The molecule has 35 heavy (non-hydrogen) atoms. The van der Waals surface area contributed by atoms with Crippen molar-refractivity contribution in [3.8, 4) is 5.69 Å². The highest BCUT2D eigenvalue weighted by Crippen LogP contribution is 2.35. The van der Waals surface area contributed by atoms with Crippen LogP contribution in [0.3, 0.4) is 0 Å². The van der Waals surface area contributed by atoms with Gasteiger partial charge in [-0.3, -0.25) is 9.36 Å². The summed E-state index contributed by atoms with van der Waals surface area (Å²) in [7, 11) is 1.44. The zero-order valence-electron chi connectivity index (χ0n) is 19.3. The fourth-order valence-corrected chi connectivity index (χ4v) is 3.84. The van der Waals surface area contributed by atoms with Crippen LogP contribution in [0.5, 0.6) is 0 Å². The Hall–Kier alpha value is -4.14. The molecule has 0 bridgehead atoms. The Morgan fingerprint density at radius 2 is 1.71 bits per heavy atom. The van der Waals surface area contributed by atoms with Crippen LogP contribution in [0, 0.1) is 6.92 Å². The Bertz CT molecular complexity index is 1460. The van der Waals surface area contributed by atoms with E-state index in [0.29, 0.717) is 16.6 Å². The highest BCUT2D eigenvalue weighted by Gasteiger charge is 2.34. The van der Waals surface area contributed by atoms with Crippen LogP contribution in [0.15, 0.2) is 77.6 Å². The van der Waals surface area contributed by atoms with Gasteiger partial charge < -0.3 is 10.2 Å². The van der Waals surface area contributed by atoms with Gasteiger partial charge in [0.05, 0.1) is 33.9 Å². The first-order valence-electron chi connectivity index (χ1n) is 10.9. The molecule has 4 aromatic rings. The Labute approximate surface area is 199 Å². The van der Waals surface area contributed by atoms with Crippen LogP contribution in [0.4, 0.5) is 23.7 Å². The van der Waals surface area contributed by atoms with E-state index >= 15 is 0 Å². The number of halogens is 3. The average molecular weight is 480 g/mol. The maximum Gasteiger partial charge on any atom is 0.418 e. The number of nitrogens with zero attached hydrogens (tertiary/aromatic N) is 3. The number of hydrogen-bond acceptors (Lipinski definition) is 3. The SMILES string of the molecule is Cc1cccc(-n2c(C(C)N(C)C(=O)Nc3ccccc3C(F)(F)F)nc3ccccc3c2=O)c1. The molecule has 9 heteroatoms. The summed E-state index contributed by atoms with van der Waals surface area (Å²) in [6.07, 6.45) is -4.63.